The van der Waals surface area contributed by atoms with Crippen LogP contribution in [0.4, 0.5) is 0 Å². The van der Waals surface area contributed by atoms with E-state index in [1.807, 2.05) is 0 Å². The lowest BCUT2D eigenvalue weighted by Gasteiger charge is -2.17. The fraction of sp³-hybridized carbons (Fsp3) is 0. The first kappa shape index (κ1) is 26.1. The van der Waals surface area contributed by atoms with Crippen LogP contribution in [0, 0.1) is 0 Å². The molecule has 47 heavy (non-hydrogen) atoms. The Hall–Kier alpha value is -6.18. The minimum Gasteiger partial charge on any atom is -0.309 e. The number of aromatic nitrogens is 1. The van der Waals surface area contributed by atoms with Crippen molar-refractivity contribution in [2.24, 2.45) is 0 Å². The van der Waals surface area contributed by atoms with E-state index < -0.39 is 0 Å². The van der Waals surface area contributed by atoms with E-state index in [0.717, 1.165) is 5.69 Å². The van der Waals surface area contributed by atoms with Crippen molar-refractivity contribution in [3.8, 4) is 61.3 Å². The summed E-state index contributed by atoms with van der Waals surface area (Å²) in [4.78, 5) is 0. The van der Waals surface area contributed by atoms with Gasteiger partial charge >= 0.3 is 0 Å². The summed E-state index contributed by atoms with van der Waals surface area (Å²) in [6.45, 7) is 0. The molecule has 10 rings (SSSR count). The fourth-order valence-corrected chi connectivity index (χ4v) is 7.98. The molecule has 0 saturated heterocycles. The Bertz CT molecular complexity index is 2650. The molecule has 1 heteroatoms. The largest absolute Gasteiger partial charge is 0.309 e. The number of benzene rings is 8. The van der Waals surface area contributed by atoms with Crippen LogP contribution in [0.1, 0.15) is 0 Å². The van der Waals surface area contributed by atoms with Crippen molar-refractivity contribution in [3.63, 3.8) is 0 Å². The summed E-state index contributed by atoms with van der Waals surface area (Å²) in [5.41, 5.74) is 16.2. The van der Waals surface area contributed by atoms with Gasteiger partial charge in [-0.05, 0) is 85.1 Å². The van der Waals surface area contributed by atoms with Crippen LogP contribution in [0.15, 0.2) is 176 Å². The van der Waals surface area contributed by atoms with E-state index >= 15 is 0 Å². The van der Waals surface area contributed by atoms with Gasteiger partial charge in [-0.3, -0.25) is 0 Å². The molecule has 0 radical (unpaired) electrons. The molecule has 1 nitrogen and oxygen atoms in total. The molecule has 0 spiro atoms. The SMILES string of the molecule is c1ccc(-c2ccccc2-c2cccc(-n3c4cccc5c4c4c(c(-c6ccccc6)ccc43)-c3cccc4cccc-5c34)c2)cc1. The lowest BCUT2D eigenvalue weighted by Crippen LogP contribution is -1.96. The summed E-state index contributed by atoms with van der Waals surface area (Å²) in [6.07, 6.45) is 0. The second-order valence-corrected chi connectivity index (χ2v) is 12.5. The molecule has 1 aliphatic rings. The molecule has 8 aromatic carbocycles. The third-order valence-corrected chi connectivity index (χ3v) is 9.93. The second-order valence-electron chi connectivity index (χ2n) is 12.5. The van der Waals surface area contributed by atoms with Crippen molar-refractivity contribution < 1.29 is 0 Å². The molecule has 0 bridgehead atoms. The Labute approximate surface area is 273 Å². The average Bonchev–Trinajstić information content (AvgIpc) is 3.43. The van der Waals surface area contributed by atoms with E-state index in [1.54, 1.807) is 0 Å². The molecule has 0 atom stereocenters. The van der Waals surface area contributed by atoms with Gasteiger partial charge in [0.1, 0.15) is 0 Å². The van der Waals surface area contributed by atoms with Crippen LogP contribution in [0.3, 0.4) is 0 Å². The summed E-state index contributed by atoms with van der Waals surface area (Å²) < 4.78 is 2.48. The number of nitrogens with zero attached hydrogens (tertiary/aromatic N) is 1. The quantitative estimate of drug-likeness (QED) is 0.191. The fourth-order valence-electron chi connectivity index (χ4n) is 7.98. The molecule has 218 valence electrons. The predicted molar refractivity (Wildman–Crippen MR) is 199 cm³/mol. The molecule has 1 heterocycles. The Kier molecular flexibility index (Phi) is 5.64. The van der Waals surface area contributed by atoms with E-state index in [1.165, 1.54) is 88.2 Å². The lowest BCUT2D eigenvalue weighted by molar-refractivity contribution is 1.18. The van der Waals surface area contributed by atoms with Crippen molar-refractivity contribution in [1.29, 1.82) is 0 Å². The first-order valence-electron chi connectivity index (χ1n) is 16.3. The minimum atomic E-state index is 1.16. The van der Waals surface area contributed by atoms with Crippen LogP contribution < -0.4 is 0 Å². The van der Waals surface area contributed by atoms with Crippen LogP contribution in [0.2, 0.25) is 0 Å². The highest BCUT2D eigenvalue weighted by atomic mass is 15.0. The number of rotatable bonds is 4. The first-order chi connectivity index (χ1) is 23.3. The maximum atomic E-state index is 2.48. The van der Waals surface area contributed by atoms with E-state index in [-0.39, 0.29) is 0 Å². The van der Waals surface area contributed by atoms with Crippen molar-refractivity contribution in [2.45, 2.75) is 0 Å². The van der Waals surface area contributed by atoms with Crippen molar-refractivity contribution in [3.05, 3.63) is 176 Å². The smallest absolute Gasteiger partial charge is 0.0548 e. The van der Waals surface area contributed by atoms with Gasteiger partial charge in [0.25, 0.3) is 0 Å². The van der Waals surface area contributed by atoms with Gasteiger partial charge in [-0.15, -0.1) is 0 Å². The molecule has 0 aliphatic heterocycles. The van der Waals surface area contributed by atoms with E-state index in [9.17, 15) is 0 Å². The van der Waals surface area contributed by atoms with Crippen LogP contribution in [0.25, 0.3) is 93.9 Å². The average molecular weight is 596 g/mol. The van der Waals surface area contributed by atoms with Gasteiger partial charge in [-0.25, -0.2) is 0 Å². The third-order valence-electron chi connectivity index (χ3n) is 9.93. The molecule has 0 fully saturated rings. The highest BCUT2D eigenvalue weighted by Crippen LogP contribution is 2.52. The van der Waals surface area contributed by atoms with E-state index in [0.29, 0.717) is 0 Å². The van der Waals surface area contributed by atoms with Gasteiger partial charge in [0.05, 0.1) is 11.0 Å². The summed E-state index contributed by atoms with van der Waals surface area (Å²) in [5.74, 6) is 0. The summed E-state index contributed by atoms with van der Waals surface area (Å²) >= 11 is 0. The van der Waals surface area contributed by atoms with Gasteiger partial charge in [-0.2, -0.15) is 0 Å². The summed E-state index contributed by atoms with van der Waals surface area (Å²) in [7, 11) is 0. The van der Waals surface area contributed by atoms with Crippen LogP contribution >= 0.6 is 0 Å². The molecule has 1 aromatic heterocycles. The zero-order valence-corrected chi connectivity index (χ0v) is 25.7. The maximum absolute atomic E-state index is 2.48. The van der Waals surface area contributed by atoms with Crippen molar-refractivity contribution >= 4 is 32.6 Å². The maximum Gasteiger partial charge on any atom is 0.0548 e. The van der Waals surface area contributed by atoms with Crippen LogP contribution in [0.5, 0.6) is 0 Å². The molecule has 0 amide bonds. The van der Waals surface area contributed by atoms with Gasteiger partial charge in [0.2, 0.25) is 0 Å². The minimum absolute atomic E-state index is 1.16. The van der Waals surface area contributed by atoms with Gasteiger partial charge in [-0.1, -0.05) is 152 Å². The van der Waals surface area contributed by atoms with Crippen molar-refractivity contribution in [2.75, 3.05) is 0 Å². The van der Waals surface area contributed by atoms with Gasteiger partial charge < -0.3 is 4.57 Å². The Balaban J connectivity index is 1.31. The van der Waals surface area contributed by atoms with Crippen molar-refractivity contribution in [1.82, 2.24) is 4.57 Å². The third kappa shape index (κ3) is 3.84. The number of hydrogen-bond donors (Lipinski definition) is 0. The van der Waals surface area contributed by atoms with E-state index in [2.05, 4.69) is 180 Å². The highest BCUT2D eigenvalue weighted by molar-refractivity contribution is 6.29. The van der Waals surface area contributed by atoms with E-state index in [4.69, 9.17) is 0 Å². The zero-order valence-electron chi connectivity index (χ0n) is 25.7. The van der Waals surface area contributed by atoms with Crippen LogP contribution in [-0.2, 0) is 0 Å². The number of fused-ring (bicyclic) bond motifs is 2. The Morgan fingerprint density at radius 2 is 0.830 bits per heavy atom. The Morgan fingerprint density at radius 3 is 1.57 bits per heavy atom. The molecular formula is C46H29N. The second kappa shape index (κ2) is 10.2. The first-order valence-corrected chi connectivity index (χ1v) is 16.3. The molecular weight excluding hydrogens is 567 g/mol. The molecule has 0 saturated carbocycles. The standard InChI is InChI=1S/C46H29N/c1-3-13-30(14-4-1)35-21-7-8-22-36(35)33-19-9-20-34(29-33)47-41-26-12-24-39-38-23-10-17-32-18-11-25-40(43(32)38)44-37(31-15-5-2-6-16-31)27-28-42(47)46(44)45(39)41/h1-29H. The zero-order chi connectivity index (χ0) is 30.9. The molecule has 9 aromatic rings. The lowest BCUT2D eigenvalue weighted by atomic mass is 9.89. The predicted octanol–water partition coefficient (Wildman–Crippen LogP) is 12.6. The molecule has 0 N–H and O–H groups in total. The van der Waals surface area contributed by atoms with Crippen LogP contribution in [-0.4, -0.2) is 4.57 Å². The molecule has 0 unspecified atom stereocenters. The van der Waals surface area contributed by atoms with Gasteiger partial charge in [0, 0.05) is 22.0 Å². The monoisotopic (exact) mass is 595 g/mol. The Morgan fingerprint density at radius 1 is 0.298 bits per heavy atom. The topological polar surface area (TPSA) is 4.93 Å². The molecule has 1 aliphatic carbocycles. The summed E-state index contributed by atoms with van der Waals surface area (Å²) in [5, 5.41) is 5.23. The highest BCUT2D eigenvalue weighted by Gasteiger charge is 2.27. The normalized spacial score (nSPS) is 11.8. The van der Waals surface area contributed by atoms with Gasteiger partial charge in [0.15, 0.2) is 0 Å². The number of hydrogen-bond acceptors (Lipinski definition) is 0. The summed E-state index contributed by atoms with van der Waals surface area (Å²) in [6, 6.07) is 64.4.